The molecule has 2 bridgehead atoms. The van der Waals surface area contributed by atoms with Gasteiger partial charge in [-0.2, -0.15) is 15.3 Å². The fourth-order valence-corrected chi connectivity index (χ4v) is 4.98. The molecule has 5 heterocycles. The molecular formula is C21H27N9. The van der Waals surface area contributed by atoms with Gasteiger partial charge < -0.3 is 10.6 Å². The van der Waals surface area contributed by atoms with E-state index in [1.807, 2.05) is 29.7 Å². The summed E-state index contributed by atoms with van der Waals surface area (Å²) in [5.74, 6) is 2.25. The smallest absolute Gasteiger partial charge is 0.210 e. The van der Waals surface area contributed by atoms with E-state index < -0.39 is 0 Å². The Labute approximate surface area is 175 Å². The standard InChI is InChI=1S/C21H27N9/c1-14-11-19(28-27-14)25-18-13-20-23-8-10-30(20)21(26-18)24-15-3-4-16-5-6-17(12-15)29(16)9-2-7-22/h8,10-11,13,15-17H,2-6,9,12H2,1H3,(H,24,26)(H2,25,27,28)/t15-,16?,17+/m1/s1. The topological polar surface area (TPSA) is 110 Å². The molecule has 0 spiro atoms. The Balaban J connectivity index is 1.36. The maximum atomic E-state index is 9.00. The lowest BCUT2D eigenvalue weighted by molar-refractivity contribution is 0.198. The number of nitrogens with one attached hydrogen (secondary N) is 3. The Morgan fingerprint density at radius 2 is 2.07 bits per heavy atom. The SMILES string of the molecule is Cc1cc(Nc2cc3nccn3c(N[C@@H]3CCC4CC[C@@H](C3)N4CCC#N)n2)n[nH]1. The highest BCUT2D eigenvalue weighted by Crippen LogP contribution is 2.35. The van der Waals surface area contributed by atoms with Gasteiger partial charge >= 0.3 is 0 Å². The van der Waals surface area contributed by atoms with Crippen LogP contribution < -0.4 is 10.6 Å². The maximum absolute atomic E-state index is 9.00. The van der Waals surface area contributed by atoms with Crippen LogP contribution in [0.15, 0.2) is 24.5 Å². The van der Waals surface area contributed by atoms with Gasteiger partial charge in [-0.05, 0) is 39.0 Å². The van der Waals surface area contributed by atoms with Gasteiger partial charge in [-0.25, -0.2) is 4.98 Å². The summed E-state index contributed by atoms with van der Waals surface area (Å²) in [6, 6.07) is 7.70. The summed E-state index contributed by atoms with van der Waals surface area (Å²) in [6.45, 7) is 2.86. The van der Waals surface area contributed by atoms with Crippen LogP contribution in [0.2, 0.25) is 0 Å². The molecule has 3 N–H and O–H groups in total. The van der Waals surface area contributed by atoms with Crippen molar-refractivity contribution in [1.29, 1.82) is 5.26 Å². The Hall–Kier alpha value is -3.12. The number of fused-ring (bicyclic) bond motifs is 3. The van der Waals surface area contributed by atoms with Crippen molar-refractivity contribution in [2.24, 2.45) is 0 Å². The summed E-state index contributed by atoms with van der Waals surface area (Å²) < 4.78 is 2.00. The van der Waals surface area contributed by atoms with E-state index in [9.17, 15) is 0 Å². The second-order valence-corrected chi connectivity index (χ2v) is 8.37. The van der Waals surface area contributed by atoms with Crippen molar-refractivity contribution in [3.8, 4) is 6.07 Å². The van der Waals surface area contributed by atoms with Crippen molar-refractivity contribution in [3.63, 3.8) is 0 Å². The van der Waals surface area contributed by atoms with Crippen LogP contribution in [0.1, 0.15) is 44.2 Å². The zero-order chi connectivity index (χ0) is 20.5. The first-order valence-corrected chi connectivity index (χ1v) is 10.7. The number of aromatic amines is 1. The number of hydrogen-bond donors (Lipinski definition) is 3. The Kier molecular flexibility index (Phi) is 5.01. The van der Waals surface area contributed by atoms with E-state index in [2.05, 4.69) is 36.8 Å². The minimum Gasteiger partial charge on any atom is -0.352 e. The van der Waals surface area contributed by atoms with E-state index in [0.29, 0.717) is 30.4 Å². The van der Waals surface area contributed by atoms with Crippen LogP contribution >= 0.6 is 0 Å². The quantitative estimate of drug-likeness (QED) is 0.577. The first-order chi connectivity index (χ1) is 14.7. The lowest BCUT2D eigenvalue weighted by Crippen LogP contribution is -2.36. The van der Waals surface area contributed by atoms with Crippen molar-refractivity contribution in [1.82, 2.24) is 29.5 Å². The van der Waals surface area contributed by atoms with Gasteiger partial charge in [0, 0.05) is 61.3 Å². The van der Waals surface area contributed by atoms with E-state index in [4.69, 9.17) is 10.2 Å². The van der Waals surface area contributed by atoms with Gasteiger partial charge in [0.25, 0.3) is 0 Å². The minimum absolute atomic E-state index is 0.353. The molecule has 3 aromatic heterocycles. The van der Waals surface area contributed by atoms with Crippen LogP contribution in [0.3, 0.4) is 0 Å². The van der Waals surface area contributed by atoms with Crippen molar-refractivity contribution in [2.45, 2.75) is 63.6 Å². The maximum Gasteiger partial charge on any atom is 0.210 e. The van der Waals surface area contributed by atoms with E-state index >= 15 is 0 Å². The van der Waals surface area contributed by atoms with Crippen LogP contribution in [0.4, 0.5) is 17.6 Å². The van der Waals surface area contributed by atoms with Crippen LogP contribution in [0, 0.1) is 18.3 Å². The molecule has 9 nitrogen and oxygen atoms in total. The van der Waals surface area contributed by atoms with Crippen molar-refractivity contribution >= 4 is 23.2 Å². The molecule has 0 saturated carbocycles. The van der Waals surface area contributed by atoms with E-state index in [-0.39, 0.29) is 0 Å². The fourth-order valence-electron chi connectivity index (χ4n) is 4.98. The third-order valence-corrected chi connectivity index (χ3v) is 6.34. The first-order valence-electron chi connectivity index (χ1n) is 10.7. The summed E-state index contributed by atoms with van der Waals surface area (Å²) in [4.78, 5) is 11.9. The van der Waals surface area contributed by atoms with Crippen LogP contribution in [-0.2, 0) is 0 Å². The van der Waals surface area contributed by atoms with Gasteiger partial charge in [-0.15, -0.1) is 0 Å². The van der Waals surface area contributed by atoms with Gasteiger partial charge in [-0.1, -0.05) is 0 Å². The molecule has 5 rings (SSSR count). The number of imidazole rings is 1. The molecule has 3 atom stereocenters. The largest absolute Gasteiger partial charge is 0.352 e. The highest BCUT2D eigenvalue weighted by molar-refractivity contribution is 5.61. The predicted molar refractivity (Wildman–Crippen MR) is 115 cm³/mol. The average Bonchev–Trinajstić information content (AvgIpc) is 3.41. The zero-order valence-electron chi connectivity index (χ0n) is 17.2. The molecule has 0 aliphatic carbocycles. The third kappa shape index (κ3) is 3.71. The molecule has 9 heteroatoms. The molecule has 0 amide bonds. The molecule has 156 valence electrons. The summed E-state index contributed by atoms with van der Waals surface area (Å²) >= 11 is 0. The number of nitrogens with zero attached hydrogens (tertiary/aromatic N) is 6. The Morgan fingerprint density at radius 1 is 1.20 bits per heavy atom. The molecular weight excluding hydrogens is 378 g/mol. The lowest BCUT2D eigenvalue weighted by Gasteiger charge is -2.27. The van der Waals surface area contributed by atoms with Crippen molar-refractivity contribution < 1.29 is 0 Å². The number of hydrogen-bond acceptors (Lipinski definition) is 7. The van der Waals surface area contributed by atoms with E-state index in [1.54, 1.807) is 6.20 Å². The second-order valence-electron chi connectivity index (χ2n) is 8.37. The van der Waals surface area contributed by atoms with E-state index in [1.165, 1.54) is 12.8 Å². The molecule has 2 fully saturated rings. The molecule has 0 radical (unpaired) electrons. The second kappa shape index (κ2) is 7.95. The fraction of sp³-hybridized carbons (Fsp3) is 0.524. The van der Waals surface area contributed by atoms with Gasteiger partial charge in [0.2, 0.25) is 5.95 Å². The van der Waals surface area contributed by atoms with Crippen LogP contribution in [0.25, 0.3) is 5.65 Å². The molecule has 2 saturated heterocycles. The highest BCUT2D eigenvalue weighted by Gasteiger charge is 2.37. The van der Waals surface area contributed by atoms with Crippen LogP contribution in [-0.4, -0.2) is 54.1 Å². The third-order valence-electron chi connectivity index (χ3n) is 6.34. The zero-order valence-corrected chi connectivity index (χ0v) is 17.2. The number of aromatic nitrogens is 5. The summed E-state index contributed by atoms with van der Waals surface area (Å²) in [7, 11) is 0. The number of aryl methyl sites for hydroxylation is 1. The normalized spacial score (nSPS) is 23.9. The first kappa shape index (κ1) is 18.9. The minimum atomic E-state index is 0.353. The monoisotopic (exact) mass is 405 g/mol. The molecule has 1 unspecified atom stereocenters. The van der Waals surface area contributed by atoms with Crippen molar-refractivity contribution in [3.05, 3.63) is 30.2 Å². The number of anilines is 3. The summed E-state index contributed by atoms with van der Waals surface area (Å²) in [5, 5.41) is 23.1. The number of H-pyrrole nitrogens is 1. The van der Waals surface area contributed by atoms with Gasteiger partial charge in [0.15, 0.2) is 5.82 Å². The number of nitriles is 1. The molecule has 0 aromatic carbocycles. The van der Waals surface area contributed by atoms with Gasteiger partial charge in [0.05, 0.1) is 6.07 Å². The summed E-state index contributed by atoms with van der Waals surface area (Å²) in [5.41, 5.74) is 1.83. The molecule has 2 aliphatic rings. The average molecular weight is 406 g/mol. The van der Waals surface area contributed by atoms with Gasteiger partial charge in [-0.3, -0.25) is 14.4 Å². The lowest BCUT2D eigenvalue weighted by atomic mass is 9.97. The number of rotatable bonds is 6. The Morgan fingerprint density at radius 3 is 2.90 bits per heavy atom. The highest BCUT2D eigenvalue weighted by atomic mass is 15.3. The summed E-state index contributed by atoms with van der Waals surface area (Å²) in [6.07, 6.45) is 10.2. The van der Waals surface area contributed by atoms with Crippen LogP contribution in [0.5, 0.6) is 0 Å². The van der Waals surface area contributed by atoms with Crippen molar-refractivity contribution in [2.75, 3.05) is 17.2 Å². The Bertz CT molecular complexity index is 1060. The molecule has 2 aliphatic heterocycles. The predicted octanol–water partition coefficient (Wildman–Crippen LogP) is 3.22. The molecule has 3 aromatic rings. The molecule has 30 heavy (non-hydrogen) atoms. The van der Waals surface area contributed by atoms with E-state index in [0.717, 1.165) is 48.9 Å². The van der Waals surface area contributed by atoms with Gasteiger partial charge in [0.1, 0.15) is 11.5 Å².